The average Bonchev–Trinajstić information content (AvgIpc) is 3.58. The summed E-state index contributed by atoms with van der Waals surface area (Å²) >= 11 is 0. The minimum Gasteiger partial charge on any atom is -0.292 e. The Labute approximate surface area is 331 Å². The summed E-state index contributed by atoms with van der Waals surface area (Å²) in [6, 6.07) is 24.7. The largest absolute Gasteiger partial charge is 0.292 e. The van der Waals surface area contributed by atoms with Gasteiger partial charge in [-0.1, -0.05) is 87.4 Å². The van der Waals surface area contributed by atoms with Crippen LogP contribution in [-0.4, -0.2) is 112 Å². The monoisotopic (exact) mass is 652 g/mol. The van der Waals surface area contributed by atoms with E-state index in [1.54, 1.807) is 12.1 Å². The van der Waals surface area contributed by atoms with Gasteiger partial charge in [0, 0.05) is 11.3 Å². The first-order chi connectivity index (χ1) is 25.8. The number of rotatable bonds is 4. The van der Waals surface area contributed by atoms with E-state index >= 15 is 0 Å². The van der Waals surface area contributed by atoms with Gasteiger partial charge in [0.15, 0.2) is 0 Å². The molecule has 7 aromatic carbocycles. The Hall–Kier alpha value is -4.63. The lowest BCUT2D eigenvalue weighted by Gasteiger charge is -2.28. The maximum atomic E-state index is 6.99. The third-order valence-corrected chi connectivity index (χ3v) is 10.3. The minimum absolute atomic E-state index is 0.0862. The van der Waals surface area contributed by atoms with E-state index in [0.29, 0.717) is 60.7 Å². The Morgan fingerprint density at radius 2 is 0.704 bits per heavy atom. The van der Waals surface area contributed by atoms with Gasteiger partial charge in [0.25, 0.3) is 0 Å². The molecule has 2 nitrogen and oxygen atoms in total. The molecular weight excluding hydrogens is 637 g/mol. The number of hydrogen-bond donors (Lipinski definition) is 0. The molecule has 15 heteroatoms. The quantitative estimate of drug-likeness (QED) is 0.138. The zero-order chi connectivity index (χ0) is 38.5. The van der Waals surface area contributed by atoms with Crippen molar-refractivity contribution in [1.82, 2.24) is 9.55 Å². The lowest BCUT2D eigenvalue weighted by molar-refractivity contribution is 1.11. The summed E-state index contributed by atoms with van der Waals surface area (Å²) in [6.45, 7) is 0. The van der Waals surface area contributed by atoms with Gasteiger partial charge in [-0.2, -0.15) is 0 Å². The fourth-order valence-corrected chi connectivity index (χ4v) is 7.46. The number of nitrogens with zero attached hydrogens (tertiary/aromatic N) is 2. The van der Waals surface area contributed by atoms with Gasteiger partial charge in [0.2, 0.25) is 0 Å². The van der Waals surface area contributed by atoms with E-state index in [1.807, 2.05) is 71.3 Å². The highest BCUT2D eigenvalue weighted by Crippen LogP contribution is 2.42. The normalized spacial score (nSPS) is 11.6. The number of aromatic nitrogens is 2. The predicted octanol–water partition coefficient (Wildman–Crippen LogP) is -5.35. The van der Waals surface area contributed by atoms with Crippen LogP contribution < -0.4 is 71.0 Å². The molecule has 0 atom stereocenters. The van der Waals surface area contributed by atoms with Crippen molar-refractivity contribution in [2.24, 2.45) is 0 Å². The van der Waals surface area contributed by atoms with Crippen LogP contribution in [0.5, 0.6) is 0 Å². The van der Waals surface area contributed by atoms with E-state index in [1.165, 1.54) is 0 Å². The molecule has 0 N–H and O–H groups in total. The van der Waals surface area contributed by atoms with Crippen molar-refractivity contribution in [3.63, 3.8) is 0 Å². The second-order valence-corrected chi connectivity index (χ2v) is 13.2. The first-order valence-electron chi connectivity index (χ1n) is 16.7. The lowest BCUT2D eigenvalue weighted by atomic mass is 9.59. The zero-order valence-corrected chi connectivity index (χ0v) is 28.9. The Balaban J connectivity index is 1.58. The summed E-state index contributed by atoms with van der Waals surface area (Å²) in [5.41, 5.74) is 6.68. The van der Waals surface area contributed by atoms with E-state index in [4.69, 9.17) is 107 Å². The maximum absolute atomic E-state index is 6.99. The minimum atomic E-state index is 0.0862. The molecule has 0 saturated heterocycles. The fraction of sp³-hybridized carbons (Fsp3) is 0. The van der Waals surface area contributed by atoms with E-state index < -0.39 is 0 Å². The van der Waals surface area contributed by atoms with Crippen molar-refractivity contribution in [2.75, 3.05) is 0 Å². The van der Waals surface area contributed by atoms with Gasteiger partial charge in [-0.25, -0.2) is 4.98 Å². The lowest BCUT2D eigenvalue weighted by Crippen LogP contribution is -2.55. The molecule has 54 heavy (non-hydrogen) atoms. The first-order valence-corrected chi connectivity index (χ1v) is 16.7. The number of benzene rings is 7. The second-order valence-electron chi connectivity index (χ2n) is 13.2. The van der Waals surface area contributed by atoms with Crippen LogP contribution in [-0.2, 0) is 0 Å². The van der Waals surface area contributed by atoms with Crippen molar-refractivity contribution >= 4 is 206 Å². The highest BCUT2D eigenvalue weighted by molar-refractivity contribution is 6.72. The second kappa shape index (κ2) is 13.3. The van der Waals surface area contributed by atoms with Gasteiger partial charge in [-0.05, 0) is 68.1 Å². The highest BCUT2D eigenvalue weighted by Gasteiger charge is 2.27. The maximum Gasteiger partial charge on any atom is 0.146 e. The van der Waals surface area contributed by atoms with Gasteiger partial charge in [0.05, 0.1) is 11.0 Å². The Morgan fingerprint density at radius 1 is 0.333 bits per heavy atom. The average molecular weight is 650 g/mol. The summed E-state index contributed by atoms with van der Waals surface area (Å²) in [5, 5.41) is 1.75. The number of hydrogen-bond acceptors (Lipinski definition) is 1. The molecular formula is C39H13B13N2. The molecule has 218 valence electrons. The van der Waals surface area contributed by atoms with Crippen LogP contribution in [0.1, 0.15) is 0 Å². The molecule has 0 amide bonds. The third-order valence-electron chi connectivity index (χ3n) is 10.3. The molecule has 0 fully saturated rings. The van der Waals surface area contributed by atoms with Crippen LogP contribution in [0, 0.1) is 0 Å². The SMILES string of the molecule is [B]c1c([B])c([B])c(-c2ccc(-c3c4c([B])c([B])c([B])c([B])c4c(-c4nc5ccccc5n4-c4ccccc4)c4c([B])c([B])c([B])c([B])c34)cc2)c([B])c1[B]. The van der Waals surface area contributed by atoms with Crippen LogP contribution >= 0.6 is 0 Å². The van der Waals surface area contributed by atoms with Crippen LogP contribution in [0.4, 0.5) is 0 Å². The molecule has 0 saturated carbocycles. The zero-order valence-electron chi connectivity index (χ0n) is 28.9. The van der Waals surface area contributed by atoms with E-state index in [2.05, 4.69) is 0 Å². The molecule has 1 aromatic heterocycles. The first kappa shape index (κ1) is 36.4. The molecule has 0 spiro atoms. The Kier molecular flexibility index (Phi) is 8.95. The van der Waals surface area contributed by atoms with E-state index in [-0.39, 0.29) is 71.0 Å². The van der Waals surface area contributed by atoms with Crippen molar-refractivity contribution in [3.8, 4) is 39.3 Å². The smallest absolute Gasteiger partial charge is 0.146 e. The van der Waals surface area contributed by atoms with Crippen LogP contribution in [0.3, 0.4) is 0 Å². The summed E-state index contributed by atoms with van der Waals surface area (Å²) in [7, 11) is 85.6. The third kappa shape index (κ3) is 5.17. The topological polar surface area (TPSA) is 17.8 Å². The van der Waals surface area contributed by atoms with Gasteiger partial charge >= 0.3 is 0 Å². The van der Waals surface area contributed by atoms with Gasteiger partial charge in [0.1, 0.15) is 108 Å². The molecule has 0 bridgehead atoms. The Bertz CT molecular complexity index is 2790. The van der Waals surface area contributed by atoms with Gasteiger partial charge < -0.3 is 0 Å². The van der Waals surface area contributed by atoms with E-state index in [9.17, 15) is 0 Å². The molecule has 26 radical (unpaired) electrons. The molecule has 0 aliphatic carbocycles. The van der Waals surface area contributed by atoms with Crippen LogP contribution in [0.15, 0.2) is 78.9 Å². The van der Waals surface area contributed by atoms with Crippen LogP contribution in [0.25, 0.3) is 71.9 Å². The van der Waals surface area contributed by atoms with Crippen molar-refractivity contribution < 1.29 is 0 Å². The van der Waals surface area contributed by atoms with Gasteiger partial charge in [-0.3, -0.25) is 4.57 Å². The Morgan fingerprint density at radius 3 is 1.19 bits per heavy atom. The summed E-state index contributed by atoms with van der Waals surface area (Å²) in [5.74, 6) is 0.467. The molecule has 8 aromatic rings. The molecule has 1 heterocycles. The molecule has 0 aliphatic rings. The van der Waals surface area contributed by atoms with Crippen molar-refractivity contribution in [1.29, 1.82) is 0 Å². The predicted molar refractivity (Wildman–Crippen MR) is 242 cm³/mol. The standard InChI is InChI=1S/C39H13B13N2/c40-26-20(27(41)33(47)38(52)32(26)46)15-12-10-14(11-13-15)19-21-23(30(44)36(50)34(48)28(21)42)25(24-22(19)29(43)35(49)37(51)31(24)45)39-53-17-8-4-5-9-18(17)54(39)16-6-2-1-3-7-16/h1-13H. The number of fused-ring (bicyclic) bond motifs is 3. The van der Waals surface area contributed by atoms with Crippen molar-refractivity contribution in [2.45, 2.75) is 0 Å². The van der Waals surface area contributed by atoms with Gasteiger partial charge in [-0.15, -0.1) is 38.2 Å². The number of para-hydroxylation sites is 3. The highest BCUT2D eigenvalue weighted by atomic mass is 15.1. The van der Waals surface area contributed by atoms with Crippen molar-refractivity contribution in [3.05, 3.63) is 78.9 Å². The summed E-state index contributed by atoms with van der Waals surface area (Å²) in [4.78, 5) is 5.16. The molecule has 8 rings (SSSR count). The summed E-state index contributed by atoms with van der Waals surface area (Å²) < 4.78 is 2.00. The van der Waals surface area contributed by atoms with E-state index in [0.717, 1.165) is 11.2 Å². The van der Waals surface area contributed by atoms with Crippen LogP contribution in [0.2, 0.25) is 0 Å². The molecule has 0 unspecified atom stereocenters. The fourth-order valence-electron chi connectivity index (χ4n) is 7.46. The summed E-state index contributed by atoms with van der Waals surface area (Å²) in [6.07, 6.45) is 0. The molecule has 0 aliphatic heterocycles. The number of imidazole rings is 1.